The first kappa shape index (κ1) is 23.3. The van der Waals surface area contributed by atoms with Gasteiger partial charge in [-0.3, -0.25) is 10.1 Å². The van der Waals surface area contributed by atoms with Gasteiger partial charge < -0.3 is 10.1 Å². The SMILES string of the molecule is CNC(=O)NC(=O)C(OC(=O)c1cc(S(=O)(=O)N(C)C)ccc1Cl)c1ccccc1. The Morgan fingerprint density at radius 3 is 2.27 bits per heavy atom. The Balaban J connectivity index is 2.40. The highest BCUT2D eigenvalue weighted by atomic mass is 35.5. The van der Waals surface area contributed by atoms with Crippen LogP contribution >= 0.6 is 11.6 Å². The third-order valence-electron chi connectivity index (χ3n) is 3.97. The Morgan fingerprint density at radius 2 is 1.70 bits per heavy atom. The molecule has 1 atom stereocenters. The van der Waals surface area contributed by atoms with Crippen molar-refractivity contribution >= 4 is 39.5 Å². The topological polar surface area (TPSA) is 122 Å². The van der Waals surface area contributed by atoms with E-state index in [-0.39, 0.29) is 15.5 Å². The first-order valence-corrected chi connectivity index (χ1v) is 10.4. The van der Waals surface area contributed by atoms with E-state index in [1.54, 1.807) is 18.2 Å². The lowest BCUT2D eigenvalue weighted by Gasteiger charge is -2.18. The van der Waals surface area contributed by atoms with Gasteiger partial charge in [-0.25, -0.2) is 22.3 Å². The van der Waals surface area contributed by atoms with Gasteiger partial charge in [0.25, 0.3) is 5.91 Å². The number of urea groups is 1. The molecule has 0 saturated heterocycles. The van der Waals surface area contributed by atoms with Crippen LogP contribution in [0.1, 0.15) is 22.0 Å². The van der Waals surface area contributed by atoms with Crippen LogP contribution in [0.4, 0.5) is 4.79 Å². The summed E-state index contributed by atoms with van der Waals surface area (Å²) in [5.41, 5.74) is 0.0636. The molecule has 0 aliphatic rings. The van der Waals surface area contributed by atoms with Crippen molar-refractivity contribution in [1.29, 1.82) is 0 Å². The number of nitrogens with one attached hydrogen (secondary N) is 2. The van der Waals surface area contributed by atoms with Crippen LogP contribution in [0, 0.1) is 0 Å². The molecule has 2 aromatic rings. The monoisotopic (exact) mass is 453 g/mol. The molecule has 30 heavy (non-hydrogen) atoms. The Labute approximate surface area is 179 Å². The molecule has 0 bridgehead atoms. The summed E-state index contributed by atoms with van der Waals surface area (Å²) in [5, 5.41) is 4.22. The van der Waals surface area contributed by atoms with Crippen molar-refractivity contribution in [1.82, 2.24) is 14.9 Å². The van der Waals surface area contributed by atoms with E-state index >= 15 is 0 Å². The van der Waals surface area contributed by atoms with Gasteiger partial charge in [-0.05, 0) is 18.2 Å². The number of imide groups is 1. The van der Waals surface area contributed by atoms with E-state index < -0.39 is 34.0 Å². The smallest absolute Gasteiger partial charge is 0.340 e. The molecule has 0 aliphatic carbocycles. The molecule has 0 fully saturated rings. The van der Waals surface area contributed by atoms with Gasteiger partial charge in [0.15, 0.2) is 0 Å². The first-order valence-electron chi connectivity index (χ1n) is 8.58. The van der Waals surface area contributed by atoms with Crippen LogP contribution in [-0.2, 0) is 19.6 Å². The number of amides is 3. The summed E-state index contributed by atoms with van der Waals surface area (Å²) in [6, 6.07) is 10.8. The summed E-state index contributed by atoms with van der Waals surface area (Å²) >= 11 is 6.06. The van der Waals surface area contributed by atoms with Gasteiger partial charge in [-0.1, -0.05) is 41.9 Å². The van der Waals surface area contributed by atoms with E-state index in [0.29, 0.717) is 5.56 Å². The molecule has 2 aromatic carbocycles. The van der Waals surface area contributed by atoms with Gasteiger partial charge in [0.1, 0.15) is 0 Å². The van der Waals surface area contributed by atoms with Crippen LogP contribution in [0.25, 0.3) is 0 Å². The number of nitrogens with zero attached hydrogens (tertiary/aromatic N) is 1. The number of halogens is 1. The maximum absolute atomic E-state index is 12.8. The number of sulfonamides is 1. The molecular formula is C19H20ClN3O6S. The standard InChI is InChI=1S/C19H20ClN3O6S/c1-21-19(26)22-17(24)16(12-7-5-4-6-8-12)29-18(25)14-11-13(9-10-15(14)20)30(27,28)23(2)3/h4-11,16H,1-3H3,(H2,21,22,24,26). The first-order chi connectivity index (χ1) is 14.1. The average Bonchev–Trinajstić information content (AvgIpc) is 2.72. The van der Waals surface area contributed by atoms with Gasteiger partial charge in [-0.2, -0.15) is 0 Å². The third kappa shape index (κ3) is 5.35. The van der Waals surface area contributed by atoms with Gasteiger partial charge in [0, 0.05) is 26.7 Å². The van der Waals surface area contributed by atoms with Crippen molar-refractivity contribution in [3.05, 3.63) is 64.7 Å². The maximum Gasteiger partial charge on any atom is 0.340 e. The summed E-state index contributed by atoms with van der Waals surface area (Å²) in [6.45, 7) is 0. The van der Waals surface area contributed by atoms with Gasteiger partial charge in [0.2, 0.25) is 16.1 Å². The minimum atomic E-state index is -3.83. The number of hydrogen-bond acceptors (Lipinski definition) is 6. The van der Waals surface area contributed by atoms with Crippen LogP contribution in [0.2, 0.25) is 5.02 Å². The maximum atomic E-state index is 12.8. The number of carbonyl (C=O) groups excluding carboxylic acids is 3. The lowest BCUT2D eigenvalue weighted by atomic mass is 10.1. The second-order valence-electron chi connectivity index (χ2n) is 6.19. The molecule has 9 nitrogen and oxygen atoms in total. The lowest BCUT2D eigenvalue weighted by Crippen LogP contribution is -2.41. The quantitative estimate of drug-likeness (QED) is 0.644. The third-order valence-corrected chi connectivity index (χ3v) is 6.11. The van der Waals surface area contributed by atoms with Crippen molar-refractivity contribution in [3.63, 3.8) is 0 Å². The van der Waals surface area contributed by atoms with Crippen molar-refractivity contribution < 1.29 is 27.5 Å². The number of benzene rings is 2. The fourth-order valence-corrected chi connectivity index (χ4v) is 3.47. The number of carbonyl (C=O) groups is 3. The Hall–Kier alpha value is -2.95. The van der Waals surface area contributed by atoms with E-state index in [2.05, 4.69) is 5.32 Å². The van der Waals surface area contributed by atoms with E-state index in [1.165, 1.54) is 45.4 Å². The van der Waals surface area contributed by atoms with Gasteiger partial charge in [0.05, 0.1) is 15.5 Å². The Bertz CT molecular complexity index is 1060. The van der Waals surface area contributed by atoms with Crippen LogP contribution < -0.4 is 10.6 Å². The summed E-state index contributed by atoms with van der Waals surface area (Å²) in [7, 11) is 0.178. The second kappa shape index (κ2) is 9.70. The summed E-state index contributed by atoms with van der Waals surface area (Å²) in [4.78, 5) is 36.6. The molecular weight excluding hydrogens is 434 g/mol. The van der Waals surface area contributed by atoms with E-state index in [4.69, 9.17) is 16.3 Å². The highest BCUT2D eigenvalue weighted by Gasteiger charge is 2.29. The molecule has 3 amide bonds. The highest BCUT2D eigenvalue weighted by molar-refractivity contribution is 7.89. The minimum Gasteiger partial charge on any atom is -0.444 e. The van der Waals surface area contributed by atoms with Crippen LogP contribution in [0.15, 0.2) is 53.4 Å². The molecule has 11 heteroatoms. The largest absolute Gasteiger partial charge is 0.444 e. The number of rotatable bonds is 6. The van der Waals surface area contributed by atoms with Crippen molar-refractivity contribution in [2.24, 2.45) is 0 Å². The van der Waals surface area contributed by atoms with Crippen molar-refractivity contribution in [2.75, 3.05) is 21.1 Å². The fraction of sp³-hybridized carbons (Fsp3) is 0.211. The number of ether oxygens (including phenoxy) is 1. The molecule has 0 aromatic heterocycles. The van der Waals surface area contributed by atoms with E-state index in [1.807, 2.05) is 5.32 Å². The summed E-state index contributed by atoms with van der Waals surface area (Å²) in [6.07, 6.45) is -1.47. The molecule has 0 radical (unpaired) electrons. The number of esters is 1. The molecule has 2 N–H and O–H groups in total. The van der Waals surface area contributed by atoms with Gasteiger partial charge >= 0.3 is 12.0 Å². The molecule has 0 heterocycles. The van der Waals surface area contributed by atoms with Crippen LogP contribution in [-0.4, -0.2) is 51.8 Å². The number of hydrogen-bond donors (Lipinski definition) is 2. The molecule has 1 unspecified atom stereocenters. The highest BCUT2D eigenvalue weighted by Crippen LogP contribution is 2.26. The minimum absolute atomic E-state index is 0.0590. The average molecular weight is 454 g/mol. The molecule has 0 aliphatic heterocycles. The zero-order valence-electron chi connectivity index (χ0n) is 16.4. The predicted octanol–water partition coefficient (Wildman–Crippen LogP) is 1.94. The van der Waals surface area contributed by atoms with Gasteiger partial charge in [-0.15, -0.1) is 0 Å². The molecule has 2 rings (SSSR count). The van der Waals surface area contributed by atoms with Crippen LogP contribution in [0.3, 0.4) is 0 Å². The molecule has 0 spiro atoms. The Kier molecular flexibility index (Phi) is 7.54. The molecule has 0 saturated carbocycles. The molecule has 160 valence electrons. The van der Waals surface area contributed by atoms with E-state index in [0.717, 1.165) is 10.4 Å². The van der Waals surface area contributed by atoms with Crippen molar-refractivity contribution in [2.45, 2.75) is 11.0 Å². The Morgan fingerprint density at radius 1 is 1.07 bits per heavy atom. The fourth-order valence-electron chi connectivity index (χ4n) is 2.34. The summed E-state index contributed by atoms with van der Waals surface area (Å²) in [5.74, 6) is -1.92. The van der Waals surface area contributed by atoms with Crippen LogP contribution in [0.5, 0.6) is 0 Å². The normalized spacial score (nSPS) is 12.2. The van der Waals surface area contributed by atoms with Crippen molar-refractivity contribution in [3.8, 4) is 0 Å². The zero-order valence-corrected chi connectivity index (χ0v) is 18.0. The zero-order chi connectivity index (χ0) is 22.5. The lowest BCUT2D eigenvalue weighted by molar-refractivity contribution is -0.129. The predicted molar refractivity (Wildman–Crippen MR) is 110 cm³/mol. The summed E-state index contributed by atoms with van der Waals surface area (Å²) < 4.78 is 31.0. The van der Waals surface area contributed by atoms with E-state index in [9.17, 15) is 22.8 Å². The second-order valence-corrected chi connectivity index (χ2v) is 8.75.